The normalized spacial score (nSPS) is 16.4. The highest BCUT2D eigenvalue weighted by atomic mass is 79.9. The van der Waals surface area contributed by atoms with Crippen LogP contribution < -0.4 is 4.74 Å². The van der Waals surface area contributed by atoms with Gasteiger partial charge < -0.3 is 18.8 Å². The Morgan fingerprint density at radius 3 is 2.25 bits per heavy atom. The number of alkyl halides is 3. The molecule has 4 aromatic rings. The van der Waals surface area contributed by atoms with Crippen molar-refractivity contribution in [3.8, 4) is 34.9 Å². The highest BCUT2D eigenvalue weighted by molar-refractivity contribution is 9.10. The number of ether oxygens (including phenoxy) is 3. The second-order valence-corrected chi connectivity index (χ2v) is 13.8. The van der Waals surface area contributed by atoms with Crippen LogP contribution in [0.1, 0.15) is 57.5 Å². The molecule has 1 aliphatic rings. The van der Waals surface area contributed by atoms with Crippen LogP contribution in [0.4, 0.5) is 13.2 Å². The van der Waals surface area contributed by atoms with Gasteiger partial charge in [0.25, 0.3) is 0 Å². The number of rotatable bonds is 10. The van der Waals surface area contributed by atoms with Crippen LogP contribution >= 0.6 is 27.5 Å². The summed E-state index contributed by atoms with van der Waals surface area (Å²) in [7, 11) is 0. The molecule has 3 aromatic carbocycles. The second kappa shape index (κ2) is 16.6. The summed E-state index contributed by atoms with van der Waals surface area (Å²) < 4.78 is 57.4. The van der Waals surface area contributed by atoms with Crippen molar-refractivity contribution in [1.29, 1.82) is 10.5 Å². The van der Waals surface area contributed by atoms with E-state index in [2.05, 4.69) is 41.9 Å². The minimum Gasteiger partial charge on any atom is -0.457 e. The first-order valence-corrected chi connectivity index (χ1v) is 17.1. The number of carbonyl (C=O) groups excluding carboxylic acids is 1. The summed E-state index contributed by atoms with van der Waals surface area (Å²) in [5, 5.41) is 19.3. The summed E-state index contributed by atoms with van der Waals surface area (Å²) in [6.45, 7) is 9.76. The molecule has 3 atom stereocenters. The zero-order valence-electron chi connectivity index (χ0n) is 28.6. The van der Waals surface area contributed by atoms with Crippen molar-refractivity contribution in [2.24, 2.45) is 17.3 Å². The quantitative estimate of drug-likeness (QED) is 0.117. The third kappa shape index (κ3) is 9.42. The Morgan fingerprint density at radius 1 is 1.04 bits per heavy atom. The fourth-order valence-electron chi connectivity index (χ4n) is 5.71. The first kappa shape index (κ1) is 39.2. The predicted molar refractivity (Wildman–Crippen MR) is 192 cm³/mol. The molecule has 0 N–H and O–H groups in total. The molecule has 1 aromatic heterocycles. The average molecular weight is 783 g/mol. The molecule has 0 saturated heterocycles. The number of allylic oxidation sites excluding steroid dienone is 2. The van der Waals surface area contributed by atoms with Gasteiger partial charge in [0, 0.05) is 17.2 Å². The third-order valence-electron chi connectivity index (χ3n) is 8.30. The van der Waals surface area contributed by atoms with E-state index in [0.717, 1.165) is 4.57 Å². The van der Waals surface area contributed by atoms with Crippen molar-refractivity contribution < 1.29 is 32.2 Å². The molecule has 0 aliphatic heterocycles. The van der Waals surface area contributed by atoms with Gasteiger partial charge in [-0.2, -0.15) is 23.7 Å². The number of nitrogens with zero attached hydrogens (tertiary/aromatic N) is 3. The maximum Gasteiger partial charge on any atom is 0.432 e. The number of aromatic nitrogens is 1. The maximum atomic E-state index is 13.4. The fraction of sp³-hybridized carbons (Fsp3) is 0.308. The van der Waals surface area contributed by atoms with E-state index in [9.17, 15) is 28.5 Å². The lowest BCUT2D eigenvalue weighted by molar-refractivity contribution is -0.149. The second-order valence-electron chi connectivity index (χ2n) is 12.6. The molecule has 0 bridgehead atoms. The molecule has 1 heterocycles. The molecule has 1 fully saturated rings. The lowest BCUT2D eigenvalue weighted by atomic mass is 10.1. The van der Waals surface area contributed by atoms with E-state index in [4.69, 9.17) is 25.8 Å². The Hall–Kier alpha value is -4.55. The van der Waals surface area contributed by atoms with E-state index in [1.54, 1.807) is 49.4 Å². The molecule has 0 amide bonds. The van der Waals surface area contributed by atoms with Gasteiger partial charge in [0.2, 0.25) is 6.10 Å². The summed E-state index contributed by atoms with van der Waals surface area (Å²) in [5.41, 5.74) is 1.16. The van der Waals surface area contributed by atoms with Gasteiger partial charge in [-0.05, 0) is 90.0 Å². The van der Waals surface area contributed by atoms with Crippen LogP contribution in [0.15, 0.2) is 95.0 Å². The van der Waals surface area contributed by atoms with Gasteiger partial charge in [-0.25, -0.2) is 0 Å². The minimum atomic E-state index is -4.63. The number of carbonyl (C=O) groups is 1. The molecule has 1 saturated carbocycles. The molecule has 3 unspecified atom stereocenters. The number of para-hydroxylation sites is 1. The first-order valence-electron chi connectivity index (χ1n) is 15.9. The SMILES string of the molecule is CC(C)=CC1C(C(=O)OC(C#N)c2cccc(Oc3ccccc3)c2)C1(C)C.CCOCn1c(-c2ccc(Cl)cc2)c(C#N)c(Br)c1C(F)(F)F. The molecule has 7 nitrogen and oxygen atoms in total. The molecule has 0 radical (unpaired) electrons. The van der Waals surface area contributed by atoms with Crippen LogP contribution in [-0.2, 0) is 27.2 Å². The largest absolute Gasteiger partial charge is 0.457 e. The summed E-state index contributed by atoms with van der Waals surface area (Å²) >= 11 is 8.73. The number of halogens is 5. The summed E-state index contributed by atoms with van der Waals surface area (Å²) in [6.07, 6.45) is -3.48. The lowest BCUT2D eigenvalue weighted by Gasteiger charge is -2.15. The van der Waals surface area contributed by atoms with Crippen LogP contribution in [0.3, 0.4) is 0 Å². The van der Waals surface area contributed by atoms with E-state index < -0.39 is 18.0 Å². The standard InChI is InChI=1S/C24H25NO3.C15H11BrClF3N2O/c1-16(2)13-20-22(24(20,3)4)23(26)28-21(15-25)17-9-8-12-19(14-17)27-18-10-6-5-7-11-18;1-2-23-8-22-13(9-3-5-10(17)6-4-9)11(7-21)12(16)14(22)15(18,19)20/h5-14,20-22H,1-4H3;3-6H,2,8H2,1H3. The minimum absolute atomic E-state index is 0.0978. The van der Waals surface area contributed by atoms with Crippen molar-refractivity contribution in [3.63, 3.8) is 0 Å². The average Bonchev–Trinajstić information content (AvgIpc) is 3.48. The van der Waals surface area contributed by atoms with Gasteiger partial charge in [0.15, 0.2) is 0 Å². The zero-order chi connectivity index (χ0) is 37.5. The Bertz CT molecular complexity index is 1960. The highest BCUT2D eigenvalue weighted by Crippen LogP contribution is 2.60. The number of nitriles is 2. The van der Waals surface area contributed by atoms with E-state index in [1.165, 1.54) is 5.57 Å². The summed E-state index contributed by atoms with van der Waals surface area (Å²) in [5.74, 6) is 0.899. The molecule has 1 aliphatic carbocycles. The van der Waals surface area contributed by atoms with Gasteiger partial charge in [-0.3, -0.25) is 4.79 Å². The van der Waals surface area contributed by atoms with Gasteiger partial charge in [0.05, 0.1) is 21.6 Å². The Morgan fingerprint density at radius 2 is 1.69 bits per heavy atom. The molecule has 12 heteroatoms. The lowest BCUT2D eigenvalue weighted by Crippen LogP contribution is -2.16. The Labute approximate surface area is 308 Å². The van der Waals surface area contributed by atoms with Gasteiger partial charge in [0.1, 0.15) is 36.1 Å². The Balaban J connectivity index is 0.000000233. The van der Waals surface area contributed by atoms with E-state index in [1.807, 2.05) is 56.3 Å². The van der Waals surface area contributed by atoms with Gasteiger partial charge in [-0.1, -0.05) is 79.6 Å². The van der Waals surface area contributed by atoms with Crippen molar-refractivity contribution in [3.05, 3.63) is 117 Å². The van der Waals surface area contributed by atoms with Crippen LogP contribution in [0, 0.1) is 39.9 Å². The number of hydrogen-bond acceptors (Lipinski definition) is 6. The van der Waals surface area contributed by atoms with E-state index in [-0.39, 0.29) is 52.3 Å². The van der Waals surface area contributed by atoms with Crippen LogP contribution in [0.25, 0.3) is 11.3 Å². The number of benzene rings is 3. The summed E-state index contributed by atoms with van der Waals surface area (Å²) in [4.78, 5) is 12.7. The van der Waals surface area contributed by atoms with Crippen molar-refractivity contribution in [1.82, 2.24) is 4.57 Å². The van der Waals surface area contributed by atoms with E-state index in [0.29, 0.717) is 27.6 Å². The van der Waals surface area contributed by atoms with Gasteiger partial charge in [-0.15, -0.1) is 0 Å². The Kier molecular flexibility index (Phi) is 12.8. The van der Waals surface area contributed by atoms with Crippen LogP contribution in [-0.4, -0.2) is 17.1 Å². The first-order chi connectivity index (χ1) is 24.1. The van der Waals surface area contributed by atoms with Crippen LogP contribution in [0.5, 0.6) is 11.5 Å². The molecular weight excluding hydrogens is 747 g/mol. The fourth-order valence-corrected chi connectivity index (χ4v) is 6.55. The molecule has 0 spiro atoms. The van der Waals surface area contributed by atoms with Gasteiger partial charge >= 0.3 is 12.1 Å². The van der Waals surface area contributed by atoms with Crippen molar-refractivity contribution in [2.45, 2.75) is 53.6 Å². The molecule has 51 heavy (non-hydrogen) atoms. The number of hydrogen-bond donors (Lipinski definition) is 0. The van der Waals surface area contributed by atoms with Crippen LogP contribution in [0.2, 0.25) is 5.02 Å². The van der Waals surface area contributed by atoms with E-state index >= 15 is 0 Å². The predicted octanol–water partition coefficient (Wildman–Crippen LogP) is 11.3. The molecule has 5 rings (SSSR count). The molecular formula is C39H36BrClF3N3O4. The highest BCUT2D eigenvalue weighted by Gasteiger charge is 2.61. The molecule has 266 valence electrons. The van der Waals surface area contributed by atoms with Crippen molar-refractivity contribution >= 4 is 33.5 Å². The monoisotopic (exact) mass is 781 g/mol. The maximum absolute atomic E-state index is 13.4. The zero-order valence-corrected chi connectivity index (χ0v) is 30.9. The smallest absolute Gasteiger partial charge is 0.432 e. The topological polar surface area (TPSA) is 97.3 Å². The number of esters is 1. The summed E-state index contributed by atoms with van der Waals surface area (Å²) in [6, 6.07) is 26.7. The third-order valence-corrected chi connectivity index (χ3v) is 9.32. The van der Waals surface area contributed by atoms with Crippen molar-refractivity contribution in [2.75, 3.05) is 6.61 Å².